The number of amides is 1. The molecule has 1 saturated heterocycles. The molecule has 1 fully saturated rings. The number of unbranched alkanes of at least 4 members (excludes halogenated alkanes) is 1. The molecule has 0 radical (unpaired) electrons. The predicted octanol–water partition coefficient (Wildman–Crippen LogP) is 1.41. The molecule has 1 N–H and O–H groups in total. The number of piperidine rings is 1. The van der Waals surface area contributed by atoms with Gasteiger partial charge in [-0.25, -0.2) is 8.78 Å². The van der Waals surface area contributed by atoms with E-state index in [9.17, 15) is 13.6 Å². The molecule has 3 nitrogen and oxygen atoms in total. The highest BCUT2D eigenvalue weighted by molar-refractivity contribution is 5.76. The Labute approximate surface area is 88.1 Å². The third kappa shape index (κ3) is 4.11. The first-order valence-electron chi connectivity index (χ1n) is 5.32. The first kappa shape index (κ1) is 12.4. The van der Waals surface area contributed by atoms with E-state index in [1.54, 1.807) is 0 Å². The van der Waals surface area contributed by atoms with Crippen molar-refractivity contribution in [2.45, 2.75) is 38.0 Å². The Morgan fingerprint density at radius 1 is 1.27 bits per heavy atom. The van der Waals surface area contributed by atoms with Gasteiger partial charge in [0.15, 0.2) is 0 Å². The molecule has 5 heteroatoms. The molecule has 0 aromatic carbocycles. The zero-order valence-electron chi connectivity index (χ0n) is 8.72. The maximum Gasteiger partial charge on any atom is 0.251 e. The predicted molar refractivity (Wildman–Crippen MR) is 51.7 cm³/mol. The van der Waals surface area contributed by atoms with E-state index in [2.05, 4.69) is 0 Å². The van der Waals surface area contributed by atoms with Crippen LogP contribution in [0.3, 0.4) is 0 Å². The highest BCUT2D eigenvalue weighted by Gasteiger charge is 2.35. The van der Waals surface area contributed by atoms with E-state index >= 15 is 0 Å². The van der Waals surface area contributed by atoms with Gasteiger partial charge in [0.2, 0.25) is 5.91 Å². The smallest absolute Gasteiger partial charge is 0.251 e. The largest absolute Gasteiger partial charge is 0.396 e. The van der Waals surface area contributed by atoms with Gasteiger partial charge in [0, 0.05) is 39.0 Å². The topological polar surface area (TPSA) is 40.5 Å². The van der Waals surface area contributed by atoms with E-state index in [1.807, 2.05) is 0 Å². The number of alkyl halides is 2. The lowest BCUT2D eigenvalue weighted by Gasteiger charge is -2.31. The summed E-state index contributed by atoms with van der Waals surface area (Å²) in [5, 5.41) is 8.53. The molecule has 0 aromatic rings. The lowest BCUT2D eigenvalue weighted by molar-refractivity contribution is -0.137. The van der Waals surface area contributed by atoms with Crippen molar-refractivity contribution in [1.29, 1.82) is 0 Å². The number of hydrogen-bond donors (Lipinski definition) is 1. The van der Waals surface area contributed by atoms with Crippen LogP contribution in [0, 0.1) is 0 Å². The van der Waals surface area contributed by atoms with Crippen LogP contribution in [0.25, 0.3) is 0 Å². The third-order valence-electron chi connectivity index (χ3n) is 2.65. The summed E-state index contributed by atoms with van der Waals surface area (Å²) in [6.07, 6.45) is 1.13. The van der Waals surface area contributed by atoms with Crippen LogP contribution in [0.2, 0.25) is 0 Å². The van der Waals surface area contributed by atoms with Crippen LogP contribution in [0.4, 0.5) is 8.78 Å². The molecule has 0 bridgehead atoms. The number of hydrogen-bond acceptors (Lipinski definition) is 2. The maximum atomic E-state index is 12.8. The van der Waals surface area contributed by atoms with Crippen LogP contribution in [-0.4, -0.2) is 41.5 Å². The van der Waals surface area contributed by atoms with Crippen LogP contribution in [0.15, 0.2) is 0 Å². The molecule has 0 saturated carbocycles. The second kappa shape index (κ2) is 5.39. The molecule has 0 unspecified atom stereocenters. The minimum atomic E-state index is -2.60. The monoisotopic (exact) mass is 221 g/mol. The fraction of sp³-hybridized carbons (Fsp3) is 0.900. The van der Waals surface area contributed by atoms with Gasteiger partial charge in [-0.3, -0.25) is 4.79 Å². The van der Waals surface area contributed by atoms with Crippen molar-refractivity contribution in [3.63, 3.8) is 0 Å². The lowest BCUT2D eigenvalue weighted by Crippen LogP contribution is -2.42. The van der Waals surface area contributed by atoms with E-state index in [0.29, 0.717) is 19.3 Å². The molecule has 1 heterocycles. The average molecular weight is 221 g/mol. The Kier molecular flexibility index (Phi) is 4.45. The molecular weight excluding hydrogens is 204 g/mol. The van der Waals surface area contributed by atoms with Crippen molar-refractivity contribution in [2.24, 2.45) is 0 Å². The van der Waals surface area contributed by atoms with Crippen molar-refractivity contribution in [3.8, 4) is 0 Å². The van der Waals surface area contributed by atoms with E-state index in [-0.39, 0.29) is 38.4 Å². The molecule has 1 amide bonds. The summed E-state index contributed by atoms with van der Waals surface area (Å²) in [7, 11) is 0. The van der Waals surface area contributed by atoms with Gasteiger partial charge in [-0.15, -0.1) is 0 Å². The van der Waals surface area contributed by atoms with Crippen molar-refractivity contribution in [3.05, 3.63) is 0 Å². The van der Waals surface area contributed by atoms with Gasteiger partial charge in [-0.05, 0) is 12.8 Å². The normalized spacial score (nSPS) is 20.3. The molecule has 0 aromatic heterocycles. The van der Waals surface area contributed by atoms with Gasteiger partial charge < -0.3 is 10.0 Å². The number of likely N-dealkylation sites (tertiary alicyclic amines) is 1. The van der Waals surface area contributed by atoms with E-state index in [0.717, 1.165) is 0 Å². The van der Waals surface area contributed by atoms with Gasteiger partial charge >= 0.3 is 0 Å². The summed E-state index contributed by atoms with van der Waals surface area (Å²) in [4.78, 5) is 13.0. The lowest BCUT2D eigenvalue weighted by atomic mass is 10.1. The Morgan fingerprint density at radius 2 is 1.87 bits per heavy atom. The van der Waals surface area contributed by atoms with Crippen LogP contribution in [-0.2, 0) is 4.79 Å². The Morgan fingerprint density at radius 3 is 2.40 bits per heavy atom. The van der Waals surface area contributed by atoms with Crippen LogP contribution in [0.5, 0.6) is 0 Å². The van der Waals surface area contributed by atoms with Gasteiger partial charge in [0.05, 0.1) is 0 Å². The fourth-order valence-corrected chi connectivity index (χ4v) is 1.63. The molecule has 1 aliphatic heterocycles. The van der Waals surface area contributed by atoms with Crippen molar-refractivity contribution < 1.29 is 18.7 Å². The average Bonchev–Trinajstić information content (AvgIpc) is 2.18. The molecular formula is C10H17F2NO2. The standard InChI is InChI=1S/C10H17F2NO2/c11-10(12)4-6-13(7-5-10)9(15)3-1-2-8-14/h14H,1-8H2. The van der Waals surface area contributed by atoms with Crippen molar-refractivity contribution >= 4 is 5.91 Å². The zero-order valence-corrected chi connectivity index (χ0v) is 8.72. The molecule has 0 spiro atoms. The SMILES string of the molecule is O=C(CCCCO)N1CCC(F)(F)CC1. The summed E-state index contributed by atoms with van der Waals surface area (Å²) in [6.45, 7) is 0.390. The van der Waals surface area contributed by atoms with E-state index in [1.165, 1.54) is 4.90 Å². The molecule has 1 aliphatic rings. The third-order valence-corrected chi connectivity index (χ3v) is 2.65. The second-order valence-electron chi connectivity index (χ2n) is 3.92. The molecule has 88 valence electrons. The van der Waals surface area contributed by atoms with Crippen LogP contribution < -0.4 is 0 Å². The number of carbonyl (C=O) groups is 1. The van der Waals surface area contributed by atoms with Gasteiger partial charge in [0.1, 0.15) is 0 Å². The zero-order chi connectivity index (χ0) is 11.3. The van der Waals surface area contributed by atoms with Crippen molar-refractivity contribution in [2.75, 3.05) is 19.7 Å². The van der Waals surface area contributed by atoms with E-state index < -0.39 is 5.92 Å². The summed E-state index contributed by atoms with van der Waals surface area (Å²) in [6, 6.07) is 0. The minimum absolute atomic E-state index is 0.0704. The minimum Gasteiger partial charge on any atom is -0.396 e. The maximum absolute atomic E-state index is 12.8. The number of rotatable bonds is 4. The summed E-state index contributed by atoms with van der Waals surface area (Å²) >= 11 is 0. The van der Waals surface area contributed by atoms with Crippen LogP contribution >= 0.6 is 0 Å². The number of carbonyl (C=O) groups excluding carboxylic acids is 1. The Balaban J connectivity index is 2.24. The van der Waals surface area contributed by atoms with Gasteiger partial charge in [-0.1, -0.05) is 0 Å². The number of aliphatic hydroxyl groups excluding tert-OH is 1. The summed E-state index contributed by atoms with van der Waals surface area (Å²) in [5.74, 6) is -2.67. The van der Waals surface area contributed by atoms with Gasteiger partial charge in [-0.2, -0.15) is 0 Å². The number of nitrogens with zero attached hydrogens (tertiary/aromatic N) is 1. The first-order valence-corrected chi connectivity index (χ1v) is 5.32. The molecule has 0 aliphatic carbocycles. The van der Waals surface area contributed by atoms with Crippen molar-refractivity contribution in [1.82, 2.24) is 4.90 Å². The van der Waals surface area contributed by atoms with Crippen LogP contribution in [0.1, 0.15) is 32.1 Å². The number of halogens is 2. The molecule has 0 atom stereocenters. The second-order valence-corrected chi connectivity index (χ2v) is 3.92. The Bertz CT molecular complexity index is 211. The quantitative estimate of drug-likeness (QED) is 0.729. The first-order chi connectivity index (χ1) is 7.05. The van der Waals surface area contributed by atoms with Gasteiger partial charge in [0.25, 0.3) is 5.92 Å². The summed E-state index contributed by atoms with van der Waals surface area (Å²) < 4.78 is 25.6. The number of aliphatic hydroxyl groups is 1. The Hall–Kier alpha value is -0.710. The van der Waals surface area contributed by atoms with E-state index in [4.69, 9.17) is 5.11 Å². The highest BCUT2D eigenvalue weighted by atomic mass is 19.3. The summed E-state index contributed by atoms with van der Waals surface area (Å²) in [5.41, 5.74) is 0. The highest BCUT2D eigenvalue weighted by Crippen LogP contribution is 2.27. The fourth-order valence-electron chi connectivity index (χ4n) is 1.63. The molecule has 1 rings (SSSR count). The molecule has 15 heavy (non-hydrogen) atoms.